The molecule has 2 aromatic heterocycles. The van der Waals surface area contributed by atoms with E-state index in [1.165, 1.54) is 24.4 Å². The van der Waals surface area contributed by atoms with Crippen molar-refractivity contribution >= 4 is 28.6 Å². The summed E-state index contributed by atoms with van der Waals surface area (Å²) in [7, 11) is 0. The number of hydroxylamine groups is 1. The Hall–Kier alpha value is -3.79. The Morgan fingerprint density at radius 1 is 1.11 bits per heavy atom. The second-order valence-corrected chi connectivity index (χ2v) is 9.29. The van der Waals surface area contributed by atoms with Crippen LogP contribution < -0.4 is 16.1 Å². The van der Waals surface area contributed by atoms with Gasteiger partial charge in [0.15, 0.2) is 0 Å². The molecule has 9 nitrogen and oxygen atoms in total. The van der Waals surface area contributed by atoms with Crippen molar-refractivity contribution in [2.24, 2.45) is 5.92 Å². The molecule has 0 saturated heterocycles. The summed E-state index contributed by atoms with van der Waals surface area (Å²) in [4.78, 5) is 41.8. The van der Waals surface area contributed by atoms with Gasteiger partial charge in [0.05, 0.1) is 17.3 Å². The Morgan fingerprint density at radius 3 is 2.51 bits per heavy atom. The molecule has 0 spiro atoms. The van der Waals surface area contributed by atoms with Crippen LogP contribution in [-0.2, 0) is 11.3 Å². The first-order chi connectivity index (χ1) is 16.9. The standard InChI is InChI=1S/C25H26FN5O4/c26-16-5-1-14(2-6-16)12-31-13-19(18-9-21(25(34)30-35)27-11-22(18)31)24(33)29-20(15-3-4-15)10-23(32)28-17-7-8-17/h1-2,5-6,9,11,13,15,17,20,35H,3-4,7-8,10,12H2,(H,28,32)(H,29,33)(H,30,34). The first kappa shape index (κ1) is 23.0. The molecule has 2 fully saturated rings. The highest BCUT2D eigenvalue weighted by Gasteiger charge is 2.35. The van der Waals surface area contributed by atoms with Crippen LogP contribution in [0.5, 0.6) is 0 Å². The van der Waals surface area contributed by atoms with Crippen molar-refractivity contribution in [3.63, 3.8) is 0 Å². The normalized spacial score (nSPS) is 16.1. The number of fused-ring (bicyclic) bond motifs is 1. The fourth-order valence-electron chi connectivity index (χ4n) is 4.26. The third-order valence-electron chi connectivity index (χ3n) is 6.47. The van der Waals surface area contributed by atoms with Crippen LogP contribution >= 0.6 is 0 Å². The van der Waals surface area contributed by atoms with Crippen molar-refractivity contribution in [3.05, 3.63) is 65.4 Å². The molecule has 1 atom stereocenters. The van der Waals surface area contributed by atoms with Gasteiger partial charge in [-0.05, 0) is 55.4 Å². The SMILES string of the molecule is O=C(CC(NC(=O)c1cn(Cc2ccc(F)cc2)c2cnc(C(=O)NO)cc12)C1CC1)NC1CC1. The van der Waals surface area contributed by atoms with E-state index in [-0.39, 0.29) is 47.7 Å². The number of benzene rings is 1. The second-order valence-electron chi connectivity index (χ2n) is 9.29. The van der Waals surface area contributed by atoms with E-state index < -0.39 is 5.91 Å². The summed E-state index contributed by atoms with van der Waals surface area (Å²) in [6, 6.07) is 7.47. The summed E-state index contributed by atoms with van der Waals surface area (Å²) in [6.07, 6.45) is 7.26. The number of nitrogens with zero attached hydrogens (tertiary/aromatic N) is 2. The van der Waals surface area contributed by atoms with E-state index in [1.54, 1.807) is 28.4 Å². The second kappa shape index (κ2) is 9.46. The minimum atomic E-state index is -0.794. The zero-order valence-electron chi connectivity index (χ0n) is 19.0. The molecule has 2 aliphatic rings. The number of aromatic nitrogens is 2. The Kier molecular flexibility index (Phi) is 6.21. The molecule has 1 aromatic carbocycles. The molecule has 2 heterocycles. The van der Waals surface area contributed by atoms with Crippen LogP contribution in [0.25, 0.3) is 10.9 Å². The van der Waals surface area contributed by atoms with Gasteiger partial charge in [-0.2, -0.15) is 0 Å². The molecule has 4 N–H and O–H groups in total. The summed E-state index contributed by atoms with van der Waals surface area (Å²) in [6.45, 7) is 0.354. The third-order valence-corrected chi connectivity index (χ3v) is 6.47. The minimum absolute atomic E-state index is 0.0452. The fourth-order valence-corrected chi connectivity index (χ4v) is 4.26. The van der Waals surface area contributed by atoms with Crippen LogP contribution in [0.4, 0.5) is 4.39 Å². The predicted octanol–water partition coefficient (Wildman–Crippen LogP) is 2.52. The number of hydrogen-bond donors (Lipinski definition) is 4. The lowest BCUT2D eigenvalue weighted by Gasteiger charge is -2.18. The van der Waals surface area contributed by atoms with E-state index in [0.29, 0.717) is 23.0 Å². The van der Waals surface area contributed by atoms with Gasteiger partial charge in [-0.15, -0.1) is 0 Å². The van der Waals surface area contributed by atoms with Crippen LogP contribution in [0.1, 0.15) is 58.5 Å². The monoisotopic (exact) mass is 479 g/mol. The summed E-state index contributed by atoms with van der Waals surface area (Å²) in [5, 5.41) is 15.5. The van der Waals surface area contributed by atoms with Gasteiger partial charge >= 0.3 is 0 Å². The molecule has 3 aromatic rings. The Balaban J connectivity index is 1.44. The number of carbonyl (C=O) groups excluding carboxylic acids is 3. The number of halogens is 1. The zero-order valence-corrected chi connectivity index (χ0v) is 19.0. The first-order valence-corrected chi connectivity index (χ1v) is 11.7. The highest BCUT2D eigenvalue weighted by Crippen LogP contribution is 2.35. The predicted molar refractivity (Wildman–Crippen MR) is 124 cm³/mol. The lowest BCUT2D eigenvalue weighted by atomic mass is 10.1. The first-order valence-electron chi connectivity index (χ1n) is 11.7. The molecule has 35 heavy (non-hydrogen) atoms. The minimum Gasteiger partial charge on any atom is -0.353 e. The quantitative estimate of drug-likeness (QED) is 0.277. The summed E-state index contributed by atoms with van der Waals surface area (Å²) in [5.41, 5.74) is 3.25. The lowest BCUT2D eigenvalue weighted by molar-refractivity contribution is -0.121. The average molecular weight is 480 g/mol. The molecule has 2 saturated carbocycles. The summed E-state index contributed by atoms with van der Waals surface area (Å²) >= 11 is 0. The summed E-state index contributed by atoms with van der Waals surface area (Å²) < 4.78 is 15.1. The molecule has 2 aliphatic carbocycles. The number of pyridine rings is 1. The lowest BCUT2D eigenvalue weighted by Crippen LogP contribution is -2.41. The van der Waals surface area contributed by atoms with Gasteiger partial charge < -0.3 is 15.2 Å². The van der Waals surface area contributed by atoms with Crippen LogP contribution in [0, 0.1) is 11.7 Å². The van der Waals surface area contributed by atoms with Crippen molar-refractivity contribution < 1.29 is 24.0 Å². The molecule has 5 rings (SSSR count). The molecule has 10 heteroatoms. The third kappa shape index (κ3) is 5.32. The molecule has 3 amide bonds. The molecule has 0 bridgehead atoms. The molecular weight excluding hydrogens is 453 g/mol. The van der Waals surface area contributed by atoms with Crippen molar-refractivity contribution in [2.45, 2.75) is 50.7 Å². The van der Waals surface area contributed by atoms with Gasteiger partial charge in [0, 0.05) is 36.6 Å². The fraction of sp³-hybridized carbons (Fsp3) is 0.360. The smallest absolute Gasteiger partial charge is 0.293 e. The van der Waals surface area contributed by atoms with E-state index >= 15 is 0 Å². The van der Waals surface area contributed by atoms with Gasteiger partial charge in [0.25, 0.3) is 11.8 Å². The van der Waals surface area contributed by atoms with Crippen LogP contribution in [0.15, 0.2) is 42.7 Å². The number of hydrogen-bond acceptors (Lipinski definition) is 5. The molecule has 0 radical (unpaired) electrons. The Bertz CT molecular complexity index is 1280. The summed E-state index contributed by atoms with van der Waals surface area (Å²) in [5.74, 6) is -1.30. The van der Waals surface area contributed by atoms with Crippen LogP contribution in [-0.4, -0.2) is 44.6 Å². The number of carbonyl (C=O) groups is 3. The van der Waals surface area contributed by atoms with E-state index in [0.717, 1.165) is 31.2 Å². The molecule has 1 unspecified atom stereocenters. The largest absolute Gasteiger partial charge is 0.353 e. The Labute approximate surface area is 200 Å². The van der Waals surface area contributed by atoms with Gasteiger partial charge in [-0.1, -0.05) is 12.1 Å². The van der Waals surface area contributed by atoms with Gasteiger partial charge in [0.1, 0.15) is 11.5 Å². The van der Waals surface area contributed by atoms with Crippen molar-refractivity contribution in [1.82, 2.24) is 25.7 Å². The zero-order chi connectivity index (χ0) is 24.5. The maximum Gasteiger partial charge on any atom is 0.293 e. The molecule has 0 aliphatic heterocycles. The van der Waals surface area contributed by atoms with Gasteiger partial charge in [-0.3, -0.25) is 19.6 Å². The van der Waals surface area contributed by atoms with E-state index in [4.69, 9.17) is 5.21 Å². The number of nitrogens with one attached hydrogen (secondary N) is 3. The maximum absolute atomic E-state index is 13.4. The molecular formula is C25H26FN5O4. The van der Waals surface area contributed by atoms with Gasteiger partial charge in [-0.25, -0.2) is 14.9 Å². The van der Waals surface area contributed by atoms with E-state index in [2.05, 4.69) is 15.6 Å². The van der Waals surface area contributed by atoms with Crippen molar-refractivity contribution in [2.75, 3.05) is 0 Å². The number of rotatable bonds is 9. The Morgan fingerprint density at radius 2 is 1.86 bits per heavy atom. The van der Waals surface area contributed by atoms with Crippen LogP contribution in [0.3, 0.4) is 0 Å². The maximum atomic E-state index is 13.4. The van der Waals surface area contributed by atoms with Gasteiger partial charge in [0.2, 0.25) is 5.91 Å². The van der Waals surface area contributed by atoms with E-state index in [9.17, 15) is 18.8 Å². The topological polar surface area (TPSA) is 125 Å². The van der Waals surface area contributed by atoms with Crippen molar-refractivity contribution in [3.8, 4) is 0 Å². The average Bonchev–Trinajstić information content (AvgIpc) is 3.78. The number of amides is 3. The molecule has 182 valence electrons. The highest BCUT2D eigenvalue weighted by atomic mass is 19.1. The van der Waals surface area contributed by atoms with E-state index in [1.807, 2.05) is 0 Å². The van der Waals surface area contributed by atoms with Crippen LogP contribution in [0.2, 0.25) is 0 Å². The van der Waals surface area contributed by atoms with Crippen molar-refractivity contribution in [1.29, 1.82) is 0 Å². The highest BCUT2D eigenvalue weighted by molar-refractivity contribution is 6.08.